The minimum atomic E-state index is -0.0561. The molecule has 1 aliphatic rings. The summed E-state index contributed by atoms with van der Waals surface area (Å²) in [7, 11) is 0. The molecule has 0 radical (unpaired) electrons. The van der Waals surface area contributed by atoms with Gasteiger partial charge in [-0.1, -0.05) is 42.5 Å². The number of hydrogen-bond donors (Lipinski definition) is 1. The molecule has 0 amide bonds. The summed E-state index contributed by atoms with van der Waals surface area (Å²) in [5, 5.41) is 0.651. The van der Waals surface area contributed by atoms with E-state index in [1.165, 1.54) is 12.0 Å². The van der Waals surface area contributed by atoms with Crippen LogP contribution in [0.15, 0.2) is 59.4 Å². The van der Waals surface area contributed by atoms with Gasteiger partial charge in [-0.05, 0) is 42.9 Å². The predicted octanol–water partition coefficient (Wildman–Crippen LogP) is 3.70. The normalized spacial score (nSPS) is 18.5. The molecule has 4 heteroatoms. The Labute approximate surface area is 141 Å². The Kier molecular flexibility index (Phi) is 4.03. The van der Waals surface area contributed by atoms with E-state index in [2.05, 4.69) is 45.2 Å². The lowest BCUT2D eigenvalue weighted by atomic mass is 9.92. The highest BCUT2D eigenvalue weighted by Crippen LogP contribution is 2.28. The van der Waals surface area contributed by atoms with E-state index in [4.69, 9.17) is 0 Å². The number of rotatable bonds is 2. The van der Waals surface area contributed by atoms with E-state index in [1.54, 1.807) is 0 Å². The van der Waals surface area contributed by atoms with E-state index in [9.17, 15) is 4.79 Å². The van der Waals surface area contributed by atoms with Crippen molar-refractivity contribution in [2.45, 2.75) is 25.2 Å². The minimum Gasteiger partial charge on any atom is -0.342 e. The molecule has 2 heterocycles. The zero-order valence-electron chi connectivity index (χ0n) is 13.6. The first-order chi connectivity index (χ1) is 11.8. The topological polar surface area (TPSA) is 49.0 Å². The molecule has 122 valence electrons. The van der Waals surface area contributed by atoms with Crippen molar-refractivity contribution in [1.82, 2.24) is 9.97 Å². The first-order valence-corrected chi connectivity index (χ1v) is 8.60. The fraction of sp³-hybridized carbons (Fsp3) is 0.300. The molecule has 24 heavy (non-hydrogen) atoms. The molecule has 4 rings (SSSR count). The number of nitrogens with zero attached hydrogens (tertiary/aromatic N) is 2. The van der Waals surface area contributed by atoms with Crippen molar-refractivity contribution in [1.29, 1.82) is 0 Å². The molecule has 1 aliphatic heterocycles. The average Bonchev–Trinajstić information content (AvgIpc) is 2.89. The molecule has 0 aliphatic carbocycles. The summed E-state index contributed by atoms with van der Waals surface area (Å²) in [5.74, 6) is 1.29. The van der Waals surface area contributed by atoms with Crippen molar-refractivity contribution in [3.8, 4) is 0 Å². The summed E-state index contributed by atoms with van der Waals surface area (Å²) in [6.07, 6.45) is 3.37. The van der Waals surface area contributed by atoms with Gasteiger partial charge in [0.1, 0.15) is 0 Å². The van der Waals surface area contributed by atoms with Gasteiger partial charge in [0.25, 0.3) is 5.56 Å². The average molecular weight is 319 g/mol. The number of aromatic nitrogens is 2. The maximum atomic E-state index is 12.3. The number of benzene rings is 2. The van der Waals surface area contributed by atoms with Gasteiger partial charge >= 0.3 is 0 Å². The van der Waals surface area contributed by atoms with Crippen molar-refractivity contribution in [2.24, 2.45) is 0 Å². The summed E-state index contributed by atoms with van der Waals surface area (Å²) < 4.78 is 0. The number of H-pyrrole nitrogens is 1. The number of fused-ring (bicyclic) bond motifs is 1. The second kappa shape index (κ2) is 6.48. The van der Waals surface area contributed by atoms with Gasteiger partial charge in [0.05, 0.1) is 10.9 Å². The largest absolute Gasteiger partial charge is 0.342 e. The lowest BCUT2D eigenvalue weighted by Gasteiger charge is -2.21. The molecule has 1 unspecified atom stereocenters. The molecule has 1 N–H and O–H groups in total. The Morgan fingerprint density at radius 1 is 0.958 bits per heavy atom. The molecule has 0 spiro atoms. The molecule has 2 aromatic carbocycles. The fourth-order valence-electron chi connectivity index (χ4n) is 3.59. The summed E-state index contributed by atoms with van der Waals surface area (Å²) in [4.78, 5) is 22.1. The van der Waals surface area contributed by atoms with Gasteiger partial charge in [-0.25, -0.2) is 4.98 Å². The Morgan fingerprint density at radius 3 is 2.62 bits per heavy atom. The first-order valence-electron chi connectivity index (χ1n) is 8.60. The molecular formula is C20H21N3O. The monoisotopic (exact) mass is 319 g/mol. The third-order valence-electron chi connectivity index (χ3n) is 4.90. The Morgan fingerprint density at radius 2 is 1.75 bits per heavy atom. The quantitative estimate of drug-likeness (QED) is 0.783. The van der Waals surface area contributed by atoms with Crippen LogP contribution in [0.4, 0.5) is 5.95 Å². The summed E-state index contributed by atoms with van der Waals surface area (Å²) in [6.45, 7) is 1.85. The standard InChI is InChI=1S/C20H21N3O/c24-19-17-10-4-5-11-18(17)21-20(22-19)23-13-6-9-16(12-14-23)15-7-2-1-3-8-15/h1-5,7-8,10-11,16H,6,9,12-14H2,(H,21,22,24). The van der Waals surface area contributed by atoms with Crippen LogP contribution in [0.2, 0.25) is 0 Å². The van der Waals surface area contributed by atoms with Crippen LogP contribution in [0.3, 0.4) is 0 Å². The highest BCUT2D eigenvalue weighted by Gasteiger charge is 2.20. The number of anilines is 1. The Hall–Kier alpha value is -2.62. The second-order valence-electron chi connectivity index (χ2n) is 6.43. The zero-order valence-corrected chi connectivity index (χ0v) is 13.6. The zero-order chi connectivity index (χ0) is 16.4. The SMILES string of the molecule is O=c1[nH]c(N2CCCC(c3ccccc3)CC2)nc2ccccc12. The van der Waals surface area contributed by atoms with Crippen LogP contribution in [0.5, 0.6) is 0 Å². The molecule has 3 aromatic rings. The molecule has 1 fully saturated rings. The molecule has 4 nitrogen and oxygen atoms in total. The van der Waals surface area contributed by atoms with Crippen LogP contribution in [-0.4, -0.2) is 23.1 Å². The van der Waals surface area contributed by atoms with E-state index >= 15 is 0 Å². The summed E-state index contributed by atoms with van der Waals surface area (Å²) in [6, 6.07) is 18.2. The van der Waals surface area contributed by atoms with Gasteiger partial charge in [-0.3, -0.25) is 9.78 Å². The Bertz CT molecular complexity index is 888. The van der Waals surface area contributed by atoms with E-state index in [-0.39, 0.29) is 5.56 Å². The number of para-hydroxylation sites is 1. The van der Waals surface area contributed by atoms with E-state index in [0.717, 1.165) is 31.4 Å². The molecular weight excluding hydrogens is 298 g/mol. The first kappa shape index (κ1) is 14.9. The molecule has 1 aromatic heterocycles. The summed E-state index contributed by atoms with van der Waals surface area (Å²) in [5.41, 5.74) is 2.12. The van der Waals surface area contributed by atoms with Crippen molar-refractivity contribution in [3.63, 3.8) is 0 Å². The lowest BCUT2D eigenvalue weighted by Crippen LogP contribution is -2.28. The van der Waals surface area contributed by atoms with E-state index in [1.807, 2.05) is 24.3 Å². The molecule has 1 atom stereocenters. The highest BCUT2D eigenvalue weighted by molar-refractivity contribution is 5.78. The third-order valence-corrected chi connectivity index (χ3v) is 4.90. The van der Waals surface area contributed by atoms with Crippen molar-refractivity contribution >= 4 is 16.9 Å². The van der Waals surface area contributed by atoms with E-state index in [0.29, 0.717) is 17.3 Å². The van der Waals surface area contributed by atoms with E-state index < -0.39 is 0 Å². The predicted molar refractivity (Wildman–Crippen MR) is 97.6 cm³/mol. The Balaban J connectivity index is 1.58. The van der Waals surface area contributed by atoms with Crippen molar-refractivity contribution in [3.05, 3.63) is 70.5 Å². The lowest BCUT2D eigenvalue weighted by molar-refractivity contribution is 0.611. The van der Waals surface area contributed by atoms with Crippen LogP contribution in [-0.2, 0) is 0 Å². The fourth-order valence-corrected chi connectivity index (χ4v) is 3.59. The van der Waals surface area contributed by atoms with Gasteiger partial charge in [-0.15, -0.1) is 0 Å². The minimum absolute atomic E-state index is 0.0561. The van der Waals surface area contributed by atoms with Crippen LogP contribution in [0, 0.1) is 0 Å². The maximum absolute atomic E-state index is 12.3. The van der Waals surface area contributed by atoms with Crippen LogP contribution in [0.25, 0.3) is 10.9 Å². The smallest absolute Gasteiger partial charge is 0.260 e. The van der Waals surface area contributed by atoms with Gasteiger partial charge in [0, 0.05) is 13.1 Å². The maximum Gasteiger partial charge on any atom is 0.260 e. The van der Waals surface area contributed by atoms with Gasteiger partial charge in [-0.2, -0.15) is 0 Å². The van der Waals surface area contributed by atoms with Crippen LogP contribution < -0.4 is 10.5 Å². The molecule has 0 bridgehead atoms. The van der Waals surface area contributed by atoms with Crippen LogP contribution >= 0.6 is 0 Å². The number of aromatic amines is 1. The van der Waals surface area contributed by atoms with Gasteiger partial charge in [0.2, 0.25) is 5.95 Å². The molecule has 0 saturated carbocycles. The van der Waals surface area contributed by atoms with Gasteiger partial charge < -0.3 is 4.90 Å². The van der Waals surface area contributed by atoms with Crippen molar-refractivity contribution < 1.29 is 0 Å². The van der Waals surface area contributed by atoms with Crippen molar-refractivity contribution in [2.75, 3.05) is 18.0 Å². The highest BCUT2D eigenvalue weighted by atomic mass is 16.1. The van der Waals surface area contributed by atoms with Gasteiger partial charge in [0.15, 0.2) is 0 Å². The third kappa shape index (κ3) is 2.92. The van der Waals surface area contributed by atoms with Crippen LogP contribution in [0.1, 0.15) is 30.7 Å². The second-order valence-corrected chi connectivity index (χ2v) is 6.43. The molecule has 1 saturated heterocycles. The number of nitrogens with one attached hydrogen (secondary N) is 1. The number of hydrogen-bond acceptors (Lipinski definition) is 3. The summed E-state index contributed by atoms with van der Waals surface area (Å²) >= 11 is 0.